The second kappa shape index (κ2) is 8.39. The van der Waals surface area contributed by atoms with E-state index < -0.39 is 9.84 Å². The molecule has 0 aliphatic carbocycles. The highest BCUT2D eigenvalue weighted by Gasteiger charge is 2.15. The zero-order valence-corrected chi connectivity index (χ0v) is 14.2. The summed E-state index contributed by atoms with van der Waals surface area (Å²) in [4.78, 5) is 0. The van der Waals surface area contributed by atoms with Crippen LogP contribution in [0.5, 0.6) is 5.75 Å². The maximum atomic E-state index is 11.7. The van der Waals surface area contributed by atoms with E-state index in [0.717, 1.165) is 13.1 Å². The Bertz CT molecular complexity index is 507. The Kier molecular flexibility index (Phi) is 7.18. The highest BCUT2D eigenvalue weighted by Crippen LogP contribution is 2.12. The minimum absolute atomic E-state index is 0.0579. The average Bonchev–Trinajstić information content (AvgIpc) is 2.40. The molecule has 0 saturated heterocycles. The van der Waals surface area contributed by atoms with Gasteiger partial charge in [0, 0.05) is 6.54 Å². The number of sulfone groups is 1. The molecule has 1 rings (SSSR count). The first kappa shape index (κ1) is 18.0. The van der Waals surface area contributed by atoms with Gasteiger partial charge in [-0.1, -0.05) is 26.0 Å². The second-order valence-corrected chi connectivity index (χ2v) is 8.61. The monoisotopic (exact) mass is 313 g/mol. The molecule has 0 spiro atoms. The summed E-state index contributed by atoms with van der Waals surface area (Å²) >= 11 is 0. The van der Waals surface area contributed by atoms with Crippen molar-refractivity contribution in [2.75, 3.05) is 18.9 Å². The third kappa shape index (κ3) is 6.96. The van der Waals surface area contributed by atoms with E-state index in [4.69, 9.17) is 4.74 Å². The van der Waals surface area contributed by atoms with Gasteiger partial charge in [-0.2, -0.15) is 0 Å². The molecule has 1 aromatic carbocycles. The third-order valence-electron chi connectivity index (χ3n) is 3.16. The molecule has 0 amide bonds. The molecule has 0 radical (unpaired) electrons. The van der Waals surface area contributed by atoms with Crippen molar-refractivity contribution in [3.8, 4) is 5.75 Å². The number of benzene rings is 1. The van der Waals surface area contributed by atoms with Gasteiger partial charge in [0.1, 0.15) is 12.4 Å². The average molecular weight is 313 g/mol. The van der Waals surface area contributed by atoms with Gasteiger partial charge in [0.25, 0.3) is 0 Å². The van der Waals surface area contributed by atoms with Crippen LogP contribution in [-0.2, 0) is 16.4 Å². The SMILES string of the molecule is CC(C)CNCc1ccc(OCCS(=O)(=O)C(C)C)cc1. The molecule has 5 heteroatoms. The molecule has 0 bridgehead atoms. The van der Waals surface area contributed by atoms with Crippen LogP contribution in [0.2, 0.25) is 0 Å². The van der Waals surface area contributed by atoms with Crippen molar-refractivity contribution in [2.24, 2.45) is 5.92 Å². The highest BCUT2D eigenvalue weighted by molar-refractivity contribution is 7.91. The lowest BCUT2D eigenvalue weighted by Gasteiger charge is -2.10. The summed E-state index contributed by atoms with van der Waals surface area (Å²) in [6.45, 7) is 9.75. The van der Waals surface area contributed by atoms with Gasteiger partial charge < -0.3 is 10.1 Å². The van der Waals surface area contributed by atoms with Gasteiger partial charge in [0.2, 0.25) is 0 Å². The lowest BCUT2D eigenvalue weighted by Crippen LogP contribution is -2.22. The van der Waals surface area contributed by atoms with Crippen molar-refractivity contribution in [1.29, 1.82) is 0 Å². The molecule has 4 nitrogen and oxygen atoms in total. The first-order valence-corrected chi connectivity index (χ1v) is 9.17. The summed E-state index contributed by atoms with van der Waals surface area (Å²) in [6.07, 6.45) is 0. The second-order valence-electron chi connectivity index (χ2n) is 5.93. The maximum Gasteiger partial charge on any atom is 0.155 e. The molecule has 1 aromatic rings. The van der Waals surface area contributed by atoms with E-state index in [1.54, 1.807) is 13.8 Å². The third-order valence-corrected chi connectivity index (χ3v) is 5.33. The van der Waals surface area contributed by atoms with Gasteiger partial charge in [-0.15, -0.1) is 0 Å². The summed E-state index contributed by atoms with van der Waals surface area (Å²) < 4.78 is 28.8. The largest absolute Gasteiger partial charge is 0.493 e. The van der Waals surface area contributed by atoms with Crippen LogP contribution in [0.25, 0.3) is 0 Å². The summed E-state index contributed by atoms with van der Waals surface area (Å²) in [7, 11) is -3.03. The van der Waals surface area contributed by atoms with Crippen LogP contribution in [0.3, 0.4) is 0 Å². The Morgan fingerprint density at radius 3 is 2.24 bits per heavy atom. The summed E-state index contributed by atoms with van der Waals surface area (Å²) in [6, 6.07) is 7.77. The van der Waals surface area contributed by atoms with Gasteiger partial charge in [-0.25, -0.2) is 8.42 Å². The number of rotatable bonds is 9. The van der Waals surface area contributed by atoms with Crippen LogP contribution in [0.4, 0.5) is 0 Å². The van der Waals surface area contributed by atoms with Gasteiger partial charge in [-0.05, 0) is 44.0 Å². The van der Waals surface area contributed by atoms with Crippen LogP contribution in [-0.4, -0.2) is 32.6 Å². The minimum atomic E-state index is -3.03. The quantitative estimate of drug-likeness (QED) is 0.761. The van der Waals surface area contributed by atoms with E-state index in [9.17, 15) is 8.42 Å². The highest BCUT2D eigenvalue weighted by atomic mass is 32.2. The van der Waals surface area contributed by atoms with Crippen LogP contribution in [0.15, 0.2) is 24.3 Å². The van der Waals surface area contributed by atoms with E-state index in [2.05, 4.69) is 19.2 Å². The van der Waals surface area contributed by atoms with Crippen molar-refractivity contribution in [3.05, 3.63) is 29.8 Å². The molecular formula is C16H27NO3S. The molecule has 0 atom stereocenters. The van der Waals surface area contributed by atoms with Crippen LogP contribution in [0, 0.1) is 5.92 Å². The Balaban J connectivity index is 2.38. The predicted octanol–water partition coefficient (Wildman–Crippen LogP) is 2.63. The van der Waals surface area contributed by atoms with E-state index in [1.807, 2.05) is 24.3 Å². The van der Waals surface area contributed by atoms with Crippen molar-refractivity contribution in [3.63, 3.8) is 0 Å². The topological polar surface area (TPSA) is 55.4 Å². The fraction of sp³-hybridized carbons (Fsp3) is 0.625. The van der Waals surface area contributed by atoms with Crippen LogP contribution in [0.1, 0.15) is 33.3 Å². The molecule has 120 valence electrons. The molecule has 0 aliphatic heterocycles. The predicted molar refractivity (Wildman–Crippen MR) is 87.4 cm³/mol. The molecule has 0 unspecified atom stereocenters. The lowest BCUT2D eigenvalue weighted by atomic mass is 10.2. The summed E-state index contributed by atoms with van der Waals surface area (Å²) in [5, 5.41) is 3.02. The van der Waals surface area contributed by atoms with E-state index in [-0.39, 0.29) is 17.6 Å². The summed E-state index contributed by atoms with van der Waals surface area (Å²) in [5.74, 6) is 1.40. The normalized spacial score (nSPS) is 12.1. The lowest BCUT2D eigenvalue weighted by molar-refractivity contribution is 0.340. The molecule has 0 saturated carbocycles. The standard InChI is InChI=1S/C16H27NO3S/c1-13(2)11-17-12-15-5-7-16(8-6-15)20-9-10-21(18,19)14(3)4/h5-8,13-14,17H,9-12H2,1-4H3. The smallest absolute Gasteiger partial charge is 0.155 e. The van der Waals surface area contributed by atoms with Crippen molar-refractivity contribution >= 4 is 9.84 Å². The fourth-order valence-electron chi connectivity index (χ4n) is 1.72. The zero-order valence-electron chi connectivity index (χ0n) is 13.4. The summed E-state index contributed by atoms with van der Waals surface area (Å²) in [5.41, 5.74) is 1.19. The number of nitrogens with one attached hydrogen (secondary N) is 1. The van der Waals surface area contributed by atoms with Crippen LogP contribution < -0.4 is 10.1 Å². The Morgan fingerprint density at radius 2 is 1.71 bits per heavy atom. The number of ether oxygens (including phenoxy) is 1. The molecule has 21 heavy (non-hydrogen) atoms. The molecule has 0 heterocycles. The number of hydrogen-bond acceptors (Lipinski definition) is 4. The van der Waals surface area contributed by atoms with Crippen molar-refractivity contribution < 1.29 is 13.2 Å². The zero-order chi connectivity index (χ0) is 15.9. The van der Waals surface area contributed by atoms with E-state index in [1.165, 1.54) is 5.56 Å². The molecular weight excluding hydrogens is 286 g/mol. The number of hydrogen-bond donors (Lipinski definition) is 1. The Hall–Kier alpha value is -1.07. The van der Waals surface area contributed by atoms with Gasteiger partial charge in [-0.3, -0.25) is 0 Å². The molecule has 1 N–H and O–H groups in total. The first-order valence-electron chi connectivity index (χ1n) is 7.45. The molecule has 0 aliphatic rings. The van der Waals surface area contributed by atoms with Gasteiger partial charge in [0.15, 0.2) is 9.84 Å². The minimum Gasteiger partial charge on any atom is -0.493 e. The Labute approximate surface area is 128 Å². The molecule has 0 aromatic heterocycles. The molecule has 0 fully saturated rings. The Morgan fingerprint density at radius 1 is 1.10 bits per heavy atom. The van der Waals surface area contributed by atoms with Crippen molar-refractivity contribution in [1.82, 2.24) is 5.32 Å². The maximum absolute atomic E-state index is 11.7. The van der Waals surface area contributed by atoms with Crippen LogP contribution >= 0.6 is 0 Å². The van der Waals surface area contributed by atoms with Gasteiger partial charge >= 0.3 is 0 Å². The fourth-order valence-corrected chi connectivity index (χ4v) is 2.51. The van der Waals surface area contributed by atoms with E-state index in [0.29, 0.717) is 11.7 Å². The van der Waals surface area contributed by atoms with E-state index >= 15 is 0 Å². The first-order chi connectivity index (χ1) is 9.81. The van der Waals surface area contributed by atoms with Crippen molar-refractivity contribution in [2.45, 2.75) is 39.5 Å². The van der Waals surface area contributed by atoms with Gasteiger partial charge in [0.05, 0.1) is 11.0 Å².